The van der Waals surface area contributed by atoms with E-state index >= 15 is 0 Å². The van der Waals surface area contributed by atoms with Crippen molar-refractivity contribution in [2.75, 3.05) is 0 Å². The zero-order chi connectivity index (χ0) is 5.86. The third kappa shape index (κ3) is 18.8. The first-order chi connectivity index (χ1) is 3.13. The van der Waals surface area contributed by atoms with Crippen molar-refractivity contribution in [3.63, 3.8) is 0 Å². The molecule has 5 N–H and O–H groups in total. The lowest BCUT2D eigenvalue weighted by Gasteiger charge is -1.81. The first-order valence-electron chi connectivity index (χ1n) is 1.45. The van der Waals surface area contributed by atoms with E-state index in [0.29, 0.717) is 0 Å². The fourth-order valence-corrected chi connectivity index (χ4v) is 0.110. The molecule has 0 fully saturated rings. The van der Waals surface area contributed by atoms with Crippen LogP contribution in [0, 0.1) is 0 Å². The molecular formula is C2H7Cl2N3O2. The Hall–Kier alpha value is -0.680. The third-order valence-corrected chi connectivity index (χ3v) is 0.225. The van der Waals surface area contributed by atoms with Gasteiger partial charge in [-0.1, -0.05) is 0 Å². The second kappa shape index (κ2) is 7.32. The SMILES string of the molecule is Cl.Cl.NC(N)=NC(=O)O. The first kappa shape index (κ1) is 15.8. The predicted octanol–water partition coefficient (Wildman–Crippen LogP) is -0.219. The van der Waals surface area contributed by atoms with Gasteiger partial charge in [0.1, 0.15) is 0 Å². The van der Waals surface area contributed by atoms with Crippen molar-refractivity contribution >= 4 is 36.9 Å². The number of halogens is 2. The highest BCUT2D eigenvalue weighted by Gasteiger charge is 1.86. The summed E-state index contributed by atoms with van der Waals surface area (Å²) in [5.74, 6) is -0.437. The van der Waals surface area contributed by atoms with E-state index in [9.17, 15) is 4.79 Å². The van der Waals surface area contributed by atoms with Crippen LogP contribution in [0.2, 0.25) is 0 Å². The van der Waals surface area contributed by atoms with Gasteiger partial charge in [0.25, 0.3) is 0 Å². The van der Waals surface area contributed by atoms with Gasteiger partial charge >= 0.3 is 6.09 Å². The number of amides is 1. The predicted molar refractivity (Wildman–Crippen MR) is 38.3 cm³/mol. The molecule has 5 nitrogen and oxygen atoms in total. The van der Waals surface area contributed by atoms with E-state index in [-0.39, 0.29) is 24.8 Å². The molecule has 1 amide bonds. The monoisotopic (exact) mass is 175 g/mol. The Balaban J connectivity index is -0.000000180. The summed E-state index contributed by atoms with van der Waals surface area (Å²) < 4.78 is 0. The van der Waals surface area contributed by atoms with Gasteiger partial charge in [0.2, 0.25) is 0 Å². The molecule has 0 aromatic heterocycles. The molecular weight excluding hydrogens is 169 g/mol. The molecule has 9 heavy (non-hydrogen) atoms. The summed E-state index contributed by atoms with van der Waals surface area (Å²) in [6, 6.07) is 0. The Morgan fingerprint density at radius 1 is 1.33 bits per heavy atom. The zero-order valence-electron chi connectivity index (χ0n) is 4.27. The maximum Gasteiger partial charge on any atom is 0.434 e. The topological polar surface area (TPSA) is 102 Å². The fourth-order valence-electron chi connectivity index (χ4n) is 0.110. The minimum atomic E-state index is -1.37. The summed E-state index contributed by atoms with van der Waals surface area (Å²) in [5.41, 5.74) is 9.28. The molecule has 0 unspecified atom stereocenters. The fraction of sp³-hybridized carbons (Fsp3) is 0. The summed E-state index contributed by atoms with van der Waals surface area (Å²) in [5, 5.41) is 7.74. The van der Waals surface area contributed by atoms with Gasteiger partial charge in [-0.3, -0.25) is 0 Å². The van der Waals surface area contributed by atoms with Gasteiger partial charge in [-0.15, -0.1) is 29.8 Å². The lowest BCUT2D eigenvalue weighted by atomic mass is 11.0. The number of hydrogen-bond acceptors (Lipinski definition) is 1. The molecule has 7 heteroatoms. The standard InChI is InChI=1S/C2H5N3O2.2ClH/c3-1(4)5-2(6)7;;/h(H,6,7)(H4,3,4,5);2*1H. The summed E-state index contributed by atoms with van der Waals surface area (Å²) in [6.07, 6.45) is -1.37. The molecule has 0 spiro atoms. The third-order valence-electron chi connectivity index (χ3n) is 0.225. The molecule has 0 atom stereocenters. The molecule has 0 saturated heterocycles. The van der Waals surface area contributed by atoms with Gasteiger partial charge in [-0.2, -0.15) is 0 Å². The van der Waals surface area contributed by atoms with Crippen molar-refractivity contribution in [3.8, 4) is 0 Å². The van der Waals surface area contributed by atoms with E-state index in [4.69, 9.17) is 5.11 Å². The van der Waals surface area contributed by atoms with Gasteiger partial charge in [0.05, 0.1) is 0 Å². The van der Waals surface area contributed by atoms with Crippen molar-refractivity contribution in [3.05, 3.63) is 0 Å². The number of nitrogens with two attached hydrogens (primary N) is 2. The van der Waals surface area contributed by atoms with Crippen LogP contribution in [-0.4, -0.2) is 17.2 Å². The molecule has 0 radical (unpaired) electrons. The Kier molecular flexibility index (Phi) is 12.8. The van der Waals surface area contributed by atoms with Gasteiger partial charge in [-0.05, 0) is 0 Å². The Bertz CT molecular complexity index is 110. The van der Waals surface area contributed by atoms with Gasteiger partial charge in [-0.25, -0.2) is 4.79 Å². The minimum Gasteiger partial charge on any atom is -0.463 e. The number of nitrogens with zero attached hydrogens (tertiary/aromatic N) is 1. The lowest BCUT2D eigenvalue weighted by Crippen LogP contribution is -2.23. The average Bonchev–Trinajstić information content (AvgIpc) is 1.27. The van der Waals surface area contributed by atoms with Crippen molar-refractivity contribution in [1.82, 2.24) is 0 Å². The van der Waals surface area contributed by atoms with Crippen molar-refractivity contribution in [2.45, 2.75) is 0 Å². The number of hydrogen-bond donors (Lipinski definition) is 3. The molecule has 0 heterocycles. The number of aliphatic imine (C=N–C) groups is 1. The quantitative estimate of drug-likeness (QED) is 0.350. The summed E-state index contributed by atoms with van der Waals surface area (Å²) in [6.45, 7) is 0. The molecule has 0 rings (SSSR count). The molecule has 0 aliphatic heterocycles. The van der Waals surface area contributed by atoms with Crippen LogP contribution in [-0.2, 0) is 0 Å². The number of guanidine groups is 1. The largest absolute Gasteiger partial charge is 0.463 e. The normalized spacial score (nSPS) is 5.78. The van der Waals surface area contributed by atoms with Gasteiger partial charge in [0, 0.05) is 0 Å². The molecule has 56 valence electrons. The smallest absolute Gasteiger partial charge is 0.434 e. The van der Waals surface area contributed by atoms with Crippen molar-refractivity contribution < 1.29 is 9.90 Å². The summed E-state index contributed by atoms with van der Waals surface area (Å²) in [7, 11) is 0. The molecule has 0 aromatic rings. The summed E-state index contributed by atoms with van der Waals surface area (Å²) in [4.78, 5) is 12.1. The van der Waals surface area contributed by atoms with E-state index in [2.05, 4.69) is 16.5 Å². The average molecular weight is 176 g/mol. The zero-order valence-corrected chi connectivity index (χ0v) is 5.91. The number of carbonyl (C=O) groups is 1. The Morgan fingerprint density at radius 3 is 1.67 bits per heavy atom. The number of rotatable bonds is 0. The first-order valence-corrected chi connectivity index (χ1v) is 1.45. The van der Waals surface area contributed by atoms with E-state index < -0.39 is 12.1 Å². The molecule has 0 saturated carbocycles. The van der Waals surface area contributed by atoms with Crippen LogP contribution in [0.4, 0.5) is 4.79 Å². The highest BCUT2D eigenvalue weighted by molar-refractivity contribution is 5.87. The molecule has 0 bridgehead atoms. The number of carboxylic acid groups (broad SMARTS) is 1. The van der Waals surface area contributed by atoms with Crippen LogP contribution in [0.1, 0.15) is 0 Å². The van der Waals surface area contributed by atoms with Crippen LogP contribution in [0.25, 0.3) is 0 Å². The maximum atomic E-state index is 9.46. The highest BCUT2D eigenvalue weighted by Crippen LogP contribution is 1.64. The van der Waals surface area contributed by atoms with Crippen LogP contribution >= 0.6 is 24.8 Å². The highest BCUT2D eigenvalue weighted by atomic mass is 35.5. The van der Waals surface area contributed by atoms with Gasteiger partial charge < -0.3 is 16.6 Å². The second-order valence-corrected chi connectivity index (χ2v) is 0.819. The van der Waals surface area contributed by atoms with E-state index in [1.54, 1.807) is 0 Å². The van der Waals surface area contributed by atoms with Crippen LogP contribution in [0.15, 0.2) is 4.99 Å². The second-order valence-electron chi connectivity index (χ2n) is 0.819. The minimum absolute atomic E-state index is 0. The van der Waals surface area contributed by atoms with Crippen LogP contribution in [0.5, 0.6) is 0 Å². The van der Waals surface area contributed by atoms with Gasteiger partial charge in [0.15, 0.2) is 5.96 Å². The molecule has 0 aliphatic carbocycles. The Morgan fingerprint density at radius 2 is 1.67 bits per heavy atom. The van der Waals surface area contributed by atoms with Crippen LogP contribution in [0.3, 0.4) is 0 Å². The maximum absolute atomic E-state index is 9.46. The van der Waals surface area contributed by atoms with Crippen LogP contribution < -0.4 is 11.5 Å². The van der Waals surface area contributed by atoms with E-state index in [1.165, 1.54) is 0 Å². The molecule has 0 aromatic carbocycles. The van der Waals surface area contributed by atoms with Crippen molar-refractivity contribution in [2.24, 2.45) is 16.5 Å². The van der Waals surface area contributed by atoms with Crippen molar-refractivity contribution in [1.29, 1.82) is 0 Å². The Labute approximate surface area is 63.9 Å². The lowest BCUT2D eigenvalue weighted by molar-refractivity contribution is 0.205. The molecule has 0 aliphatic rings. The van der Waals surface area contributed by atoms with E-state index in [1.807, 2.05) is 0 Å². The summed E-state index contributed by atoms with van der Waals surface area (Å²) >= 11 is 0. The van der Waals surface area contributed by atoms with E-state index in [0.717, 1.165) is 0 Å².